The van der Waals surface area contributed by atoms with Crippen molar-refractivity contribution in [1.29, 1.82) is 0 Å². The van der Waals surface area contributed by atoms with Gasteiger partial charge in [0.2, 0.25) is 0 Å². The molecule has 1 aliphatic rings. The predicted octanol–water partition coefficient (Wildman–Crippen LogP) is 3.67. The molecule has 3 rings (SSSR count). The third-order valence-electron chi connectivity index (χ3n) is 4.25. The summed E-state index contributed by atoms with van der Waals surface area (Å²) in [7, 11) is 0. The van der Waals surface area contributed by atoms with Crippen molar-refractivity contribution in [3.8, 4) is 0 Å². The summed E-state index contributed by atoms with van der Waals surface area (Å²) in [6.07, 6.45) is 0.425. The van der Waals surface area contributed by atoms with Gasteiger partial charge in [0.15, 0.2) is 11.4 Å². The zero-order chi connectivity index (χ0) is 18.9. The van der Waals surface area contributed by atoms with Crippen molar-refractivity contribution in [3.63, 3.8) is 0 Å². The zero-order valence-electron chi connectivity index (χ0n) is 13.9. The molecule has 3 heterocycles. The van der Waals surface area contributed by atoms with E-state index in [1.807, 2.05) is 4.90 Å². The van der Waals surface area contributed by atoms with Gasteiger partial charge in [-0.2, -0.15) is 18.3 Å². The second-order valence-electron chi connectivity index (χ2n) is 6.10. The molecule has 2 aromatic rings. The van der Waals surface area contributed by atoms with Crippen molar-refractivity contribution in [3.05, 3.63) is 39.7 Å². The second kappa shape index (κ2) is 7.10. The molecule has 0 saturated carbocycles. The fourth-order valence-corrected chi connectivity index (χ4v) is 3.77. The largest absolute Gasteiger partial charge is 0.476 e. The summed E-state index contributed by atoms with van der Waals surface area (Å²) in [5.41, 5.74) is -0.425. The van der Waals surface area contributed by atoms with Crippen LogP contribution in [-0.4, -0.2) is 43.8 Å². The van der Waals surface area contributed by atoms with Crippen molar-refractivity contribution in [2.24, 2.45) is 0 Å². The summed E-state index contributed by atoms with van der Waals surface area (Å²) in [5.74, 6) is -0.818. The molecule has 1 aliphatic heterocycles. The number of aromatic carboxylic acids is 1. The first-order chi connectivity index (χ1) is 12.2. The number of carbonyl (C=O) groups is 1. The average Bonchev–Trinajstić information content (AvgIpc) is 3.20. The Morgan fingerprint density at radius 2 is 2.04 bits per heavy atom. The van der Waals surface area contributed by atoms with Crippen LogP contribution in [0.15, 0.2) is 17.6 Å². The van der Waals surface area contributed by atoms with E-state index in [4.69, 9.17) is 5.11 Å². The first kappa shape index (κ1) is 18.4. The number of aryl methyl sites for hydroxylation is 1. The van der Waals surface area contributed by atoms with E-state index in [0.717, 1.165) is 37.0 Å². The van der Waals surface area contributed by atoms with Crippen LogP contribution in [0.3, 0.4) is 0 Å². The van der Waals surface area contributed by atoms with E-state index in [-0.39, 0.29) is 11.6 Å². The van der Waals surface area contributed by atoms with Gasteiger partial charge in [-0.1, -0.05) is 0 Å². The van der Waals surface area contributed by atoms with Crippen LogP contribution in [0.1, 0.15) is 45.6 Å². The number of rotatable bonds is 4. The Morgan fingerprint density at radius 3 is 2.58 bits per heavy atom. The molecule has 10 heteroatoms. The second-order valence-corrected chi connectivity index (χ2v) is 6.99. The van der Waals surface area contributed by atoms with Gasteiger partial charge in [-0.25, -0.2) is 14.5 Å². The number of likely N-dealkylation sites (tertiary alicyclic amines) is 1. The van der Waals surface area contributed by atoms with Crippen LogP contribution >= 0.6 is 11.3 Å². The standard InChI is InChI=1S/C16H17F3N4O2S/c1-10-8-13(16(17,18)19)21-23(10)7-6-22-4-2-11(3-5-22)14-20-12(9-26-14)15(24)25/h6-9,11H,2-5H2,1H3,(H,24,25). The van der Waals surface area contributed by atoms with Crippen LogP contribution in [0.25, 0.3) is 6.20 Å². The third kappa shape index (κ3) is 4.06. The molecule has 0 amide bonds. The van der Waals surface area contributed by atoms with E-state index in [9.17, 15) is 18.0 Å². The van der Waals surface area contributed by atoms with Gasteiger partial charge < -0.3 is 10.0 Å². The summed E-state index contributed by atoms with van der Waals surface area (Å²) >= 11 is 1.35. The number of hydrogen-bond donors (Lipinski definition) is 1. The van der Waals surface area contributed by atoms with Gasteiger partial charge in [0.05, 0.1) is 5.01 Å². The Balaban J connectivity index is 1.59. The Morgan fingerprint density at radius 1 is 1.35 bits per heavy atom. The van der Waals surface area contributed by atoms with Gasteiger partial charge in [0, 0.05) is 42.5 Å². The molecule has 0 spiro atoms. The van der Waals surface area contributed by atoms with Crippen LogP contribution in [0, 0.1) is 6.92 Å². The van der Waals surface area contributed by atoms with Gasteiger partial charge in [0.25, 0.3) is 0 Å². The van der Waals surface area contributed by atoms with Gasteiger partial charge >= 0.3 is 12.1 Å². The summed E-state index contributed by atoms with van der Waals surface area (Å²) < 4.78 is 39.3. The minimum Gasteiger partial charge on any atom is -0.476 e. The Hall–Kier alpha value is -2.36. The van der Waals surface area contributed by atoms with Crippen LogP contribution in [0.4, 0.5) is 13.2 Å². The summed E-state index contributed by atoms with van der Waals surface area (Å²) in [4.78, 5) is 17.1. The molecule has 0 aromatic carbocycles. The maximum Gasteiger partial charge on any atom is 0.435 e. The first-order valence-electron chi connectivity index (χ1n) is 7.98. The van der Waals surface area contributed by atoms with Crippen LogP contribution in [0.5, 0.6) is 0 Å². The molecule has 0 unspecified atom stereocenters. The molecule has 140 valence electrons. The van der Waals surface area contributed by atoms with Gasteiger partial charge in [-0.3, -0.25) is 0 Å². The minimum atomic E-state index is -4.45. The number of thiazole rings is 1. The third-order valence-corrected chi connectivity index (χ3v) is 5.26. The molecular formula is C16H17F3N4O2S. The highest BCUT2D eigenvalue weighted by Crippen LogP contribution is 2.31. The normalized spacial score (nSPS) is 16.5. The number of piperidine rings is 1. The van der Waals surface area contributed by atoms with Crippen LogP contribution < -0.4 is 0 Å². The van der Waals surface area contributed by atoms with Gasteiger partial charge in [-0.05, 0) is 25.8 Å². The van der Waals surface area contributed by atoms with E-state index < -0.39 is 17.8 Å². The molecule has 1 saturated heterocycles. The van der Waals surface area contributed by atoms with Crippen molar-refractivity contribution in [2.75, 3.05) is 13.1 Å². The SMILES string of the molecule is Cc1cc(C(F)(F)F)nn1C=CN1CCC(c2nc(C(=O)O)cs2)CC1. The van der Waals surface area contributed by atoms with E-state index in [2.05, 4.69) is 10.1 Å². The molecule has 0 radical (unpaired) electrons. The molecule has 1 fully saturated rings. The molecule has 1 N–H and O–H groups in total. The molecular weight excluding hydrogens is 369 g/mol. The lowest BCUT2D eigenvalue weighted by Gasteiger charge is -2.30. The molecule has 2 aromatic heterocycles. The lowest BCUT2D eigenvalue weighted by Crippen LogP contribution is -2.28. The lowest BCUT2D eigenvalue weighted by atomic mass is 9.98. The Kier molecular flexibility index (Phi) is 5.03. The fraction of sp³-hybridized carbons (Fsp3) is 0.438. The van der Waals surface area contributed by atoms with Crippen LogP contribution in [-0.2, 0) is 6.18 Å². The van der Waals surface area contributed by atoms with Gasteiger partial charge in [0.1, 0.15) is 0 Å². The summed E-state index contributed by atoms with van der Waals surface area (Å²) in [6, 6.07) is 1.01. The first-order valence-corrected chi connectivity index (χ1v) is 8.86. The average molecular weight is 386 g/mol. The summed E-state index contributed by atoms with van der Waals surface area (Å²) in [6.45, 7) is 3.01. The number of alkyl halides is 3. The molecule has 26 heavy (non-hydrogen) atoms. The van der Waals surface area contributed by atoms with Gasteiger partial charge in [-0.15, -0.1) is 11.3 Å². The summed E-state index contributed by atoms with van der Waals surface area (Å²) in [5, 5.41) is 14.9. The van der Waals surface area contributed by atoms with Crippen molar-refractivity contribution in [2.45, 2.75) is 31.9 Å². The maximum atomic E-state index is 12.7. The van der Waals surface area contributed by atoms with Crippen molar-refractivity contribution in [1.82, 2.24) is 19.7 Å². The fourth-order valence-electron chi connectivity index (χ4n) is 2.80. The smallest absolute Gasteiger partial charge is 0.435 e. The Labute approximate surface area is 151 Å². The van der Waals surface area contributed by atoms with Crippen LogP contribution in [0.2, 0.25) is 0 Å². The molecule has 0 atom stereocenters. The van der Waals surface area contributed by atoms with E-state index in [0.29, 0.717) is 5.69 Å². The van der Waals surface area contributed by atoms with Crippen molar-refractivity contribution < 1.29 is 23.1 Å². The minimum absolute atomic E-state index is 0.0713. The van der Waals surface area contributed by atoms with E-state index >= 15 is 0 Å². The topological polar surface area (TPSA) is 71.2 Å². The van der Waals surface area contributed by atoms with Crippen molar-refractivity contribution >= 4 is 23.5 Å². The van der Waals surface area contributed by atoms with E-state index in [1.54, 1.807) is 18.5 Å². The molecule has 0 aliphatic carbocycles. The monoisotopic (exact) mass is 386 g/mol. The highest BCUT2D eigenvalue weighted by Gasteiger charge is 2.34. The number of carboxylic acids is 1. The maximum absolute atomic E-state index is 12.7. The number of hydrogen-bond acceptors (Lipinski definition) is 5. The number of nitrogens with zero attached hydrogens (tertiary/aromatic N) is 4. The quantitative estimate of drug-likeness (QED) is 0.868. The zero-order valence-corrected chi connectivity index (χ0v) is 14.7. The van der Waals surface area contributed by atoms with E-state index in [1.165, 1.54) is 22.2 Å². The highest BCUT2D eigenvalue weighted by molar-refractivity contribution is 7.09. The highest BCUT2D eigenvalue weighted by atomic mass is 32.1. The number of aromatic nitrogens is 3. The predicted molar refractivity (Wildman–Crippen MR) is 89.9 cm³/mol. The lowest BCUT2D eigenvalue weighted by molar-refractivity contribution is -0.141. The number of halogens is 3. The Bertz CT molecular complexity index is 820. The number of carboxylic acid groups (broad SMARTS) is 1. The molecule has 0 bridgehead atoms. The molecule has 6 nitrogen and oxygen atoms in total.